The molecule has 2 aliphatic rings. The Hall–Kier alpha value is -2.68. The molecule has 194 valence electrons. The summed E-state index contributed by atoms with van der Waals surface area (Å²) in [7, 11) is 0. The lowest BCUT2D eigenvalue weighted by molar-refractivity contribution is -0.131. The van der Waals surface area contributed by atoms with Gasteiger partial charge in [-0.15, -0.1) is 23.1 Å². The van der Waals surface area contributed by atoms with Gasteiger partial charge in [0, 0.05) is 55.0 Å². The molecule has 2 aliphatic heterocycles. The Labute approximate surface area is 227 Å². The number of nitrogens with zero attached hydrogens (tertiary/aromatic N) is 3. The molecule has 0 spiro atoms. The van der Waals surface area contributed by atoms with Gasteiger partial charge < -0.3 is 10.2 Å². The second-order valence-electron chi connectivity index (χ2n) is 9.93. The minimum Gasteiger partial charge on any atom is -0.347 e. The Bertz CT molecular complexity index is 1190. The van der Waals surface area contributed by atoms with E-state index in [0.717, 1.165) is 62.6 Å². The van der Waals surface area contributed by atoms with Gasteiger partial charge in [0.05, 0.1) is 11.4 Å². The Morgan fingerprint density at radius 2 is 1.76 bits per heavy atom. The van der Waals surface area contributed by atoms with E-state index in [2.05, 4.69) is 52.9 Å². The van der Waals surface area contributed by atoms with Gasteiger partial charge in [0.1, 0.15) is 5.69 Å². The predicted octanol–water partition coefficient (Wildman–Crippen LogP) is 4.82. The number of aromatic nitrogens is 1. The number of hydrogen-bond acceptors (Lipinski definition) is 6. The lowest BCUT2D eigenvalue weighted by Gasteiger charge is -2.31. The summed E-state index contributed by atoms with van der Waals surface area (Å²) in [5.41, 5.74) is 2.89. The molecule has 0 aliphatic carbocycles. The molecule has 3 aromatic rings. The van der Waals surface area contributed by atoms with Crippen LogP contribution in [0.15, 0.2) is 64.9 Å². The lowest BCUT2D eigenvalue weighted by atomic mass is 9.97. The van der Waals surface area contributed by atoms with Gasteiger partial charge in [-0.3, -0.25) is 14.5 Å². The van der Waals surface area contributed by atoms with E-state index in [1.807, 2.05) is 28.5 Å². The number of benzene rings is 2. The quantitative estimate of drug-likeness (QED) is 0.420. The Morgan fingerprint density at radius 3 is 2.49 bits per heavy atom. The first-order chi connectivity index (χ1) is 18.1. The van der Waals surface area contributed by atoms with E-state index in [4.69, 9.17) is 4.98 Å². The van der Waals surface area contributed by atoms with E-state index in [0.29, 0.717) is 18.0 Å². The van der Waals surface area contributed by atoms with Crippen LogP contribution in [-0.2, 0) is 17.8 Å². The van der Waals surface area contributed by atoms with Crippen LogP contribution in [0.2, 0.25) is 0 Å². The third-order valence-electron chi connectivity index (χ3n) is 7.32. The summed E-state index contributed by atoms with van der Waals surface area (Å²) in [6, 6.07) is 18.9. The number of amides is 2. The highest BCUT2D eigenvalue weighted by molar-refractivity contribution is 7.98. The number of hydrogen-bond donors (Lipinski definition) is 1. The molecule has 2 aromatic carbocycles. The minimum atomic E-state index is -0.0748. The molecule has 6 nitrogen and oxygen atoms in total. The third kappa shape index (κ3) is 6.80. The van der Waals surface area contributed by atoms with Crippen molar-refractivity contribution in [2.45, 2.75) is 49.1 Å². The molecule has 3 heterocycles. The molecular formula is C29H34N4O2S2. The summed E-state index contributed by atoms with van der Waals surface area (Å²) in [6.45, 7) is 4.26. The molecule has 2 fully saturated rings. The van der Waals surface area contributed by atoms with Crippen molar-refractivity contribution >= 4 is 34.9 Å². The molecule has 2 amide bonds. The van der Waals surface area contributed by atoms with Gasteiger partial charge in [-0.05, 0) is 48.8 Å². The summed E-state index contributed by atoms with van der Waals surface area (Å²) in [5.74, 6) is 0.422. The highest BCUT2D eigenvalue weighted by atomic mass is 32.2. The molecule has 1 unspecified atom stereocenters. The summed E-state index contributed by atoms with van der Waals surface area (Å²) < 4.78 is 0. The summed E-state index contributed by atoms with van der Waals surface area (Å²) >= 11 is 3.28. The van der Waals surface area contributed by atoms with Crippen LogP contribution in [-0.4, -0.2) is 65.1 Å². The molecule has 1 N–H and O–H groups in total. The zero-order valence-electron chi connectivity index (χ0n) is 21.3. The van der Waals surface area contributed by atoms with E-state index >= 15 is 0 Å². The number of carbonyl (C=O) groups is 2. The smallest absolute Gasteiger partial charge is 0.271 e. The van der Waals surface area contributed by atoms with Crippen LogP contribution in [0.5, 0.6) is 0 Å². The number of piperidine rings is 1. The van der Waals surface area contributed by atoms with E-state index in [9.17, 15) is 9.59 Å². The maximum atomic E-state index is 12.9. The monoisotopic (exact) mass is 534 g/mol. The average Bonchev–Trinajstić information content (AvgIpc) is 3.60. The van der Waals surface area contributed by atoms with Crippen molar-refractivity contribution in [1.29, 1.82) is 0 Å². The number of thioether (sulfide) groups is 1. The number of thiazole rings is 1. The second kappa shape index (κ2) is 12.2. The zero-order chi connectivity index (χ0) is 25.6. The van der Waals surface area contributed by atoms with Crippen molar-refractivity contribution < 1.29 is 9.59 Å². The highest BCUT2D eigenvalue weighted by Gasteiger charge is 2.28. The molecule has 0 saturated carbocycles. The molecule has 8 heteroatoms. The largest absolute Gasteiger partial charge is 0.347 e. The topological polar surface area (TPSA) is 65.5 Å². The van der Waals surface area contributed by atoms with Gasteiger partial charge in [0.25, 0.3) is 5.91 Å². The predicted molar refractivity (Wildman–Crippen MR) is 150 cm³/mol. The first-order valence-corrected chi connectivity index (χ1v) is 15.1. The third-order valence-corrected chi connectivity index (χ3v) is 9.07. The Morgan fingerprint density at radius 1 is 1.00 bits per heavy atom. The summed E-state index contributed by atoms with van der Waals surface area (Å²) in [4.78, 5) is 36.0. The van der Waals surface area contributed by atoms with E-state index in [1.165, 1.54) is 10.5 Å². The SMILES string of the molecule is CSc1ccc(CC(=O)N2CCC(c3nc(C(=O)NC4CCN(Cc5ccccc5)C4)cs3)CC2)cc1. The van der Waals surface area contributed by atoms with Gasteiger partial charge in [0.15, 0.2) is 0 Å². The van der Waals surface area contributed by atoms with Crippen molar-refractivity contribution in [1.82, 2.24) is 20.1 Å². The maximum Gasteiger partial charge on any atom is 0.271 e. The van der Waals surface area contributed by atoms with Crippen LogP contribution in [0.4, 0.5) is 0 Å². The molecule has 1 atom stereocenters. The molecule has 1 aromatic heterocycles. The van der Waals surface area contributed by atoms with Crippen LogP contribution in [0.25, 0.3) is 0 Å². The molecule has 0 radical (unpaired) electrons. The fourth-order valence-electron chi connectivity index (χ4n) is 5.18. The normalized spacial score (nSPS) is 18.7. The van der Waals surface area contributed by atoms with Crippen molar-refractivity contribution in [2.75, 3.05) is 32.4 Å². The fourth-order valence-corrected chi connectivity index (χ4v) is 6.56. The van der Waals surface area contributed by atoms with Crippen LogP contribution in [0.3, 0.4) is 0 Å². The number of likely N-dealkylation sites (tertiary alicyclic amines) is 2. The van der Waals surface area contributed by atoms with Crippen LogP contribution in [0, 0.1) is 0 Å². The Balaban J connectivity index is 1.07. The molecule has 0 bridgehead atoms. The van der Waals surface area contributed by atoms with Gasteiger partial charge in [-0.25, -0.2) is 4.98 Å². The van der Waals surface area contributed by atoms with Crippen molar-refractivity contribution in [3.63, 3.8) is 0 Å². The fraction of sp³-hybridized carbons (Fsp3) is 0.414. The second-order valence-corrected chi connectivity index (χ2v) is 11.7. The van der Waals surface area contributed by atoms with Crippen molar-refractivity contribution in [2.24, 2.45) is 0 Å². The first-order valence-electron chi connectivity index (χ1n) is 13.0. The van der Waals surface area contributed by atoms with E-state index in [-0.39, 0.29) is 17.9 Å². The molecule has 5 rings (SSSR count). The van der Waals surface area contributed by atoms with Gasteiger partial charge in [-0.2, -0.15) is 0 Å². The summed E-state index contributed by atoms with van der Waals surface area (Å²) in [5, 5.41) is 6.09. The molecule has 2 saturated heterocycles. The van der Waals surface area contributed by atoms with Crippen LogP contribution < -0.4 is 5.32 Å². The molecule has 37 heavy (non-hydrogen) atoms. The van der Waals surface area contributed by atoms with Crippen LogP contribution >= 0.6 is 23.1 Å². The molecular weight excluding hydrogens is 500 g/mol. The Kier molecular flexibility index (Phi) is 8.59. The van der Waals surface area contributed by atoms with Gasteiger partial charge in [0.2, 0.25) is 5.91 Å². The standard InChI is InChI=1S/C29H34N4O2S2/c1-36-25-9-7-21(8-10-25)17-27(34)33-15-11-23(12-16-33)29-31-26(20-37-29)28(35)30-24-13-14-32(19-24)18-22-5-3-2-4-6-22/h2-10,20,23-24H,11-19H2,1H3,(H,30,35). The lowest BCUT2D eigenvalue weighted by Crippen LogP contribution is -2.39. The van der Waals surface area contributed by atoms with Crippen molar-refractivity contribution in [3.05, 3.63) is 81.8 Å². The first kappa shape index (κ1) is 25.9. The zero-order valence-corrected chi connectivity index (χ0v) is 22.9. The van der Waals surface area contributed by atoms with Crippen molar-refractivity contribution in [3.8, 4) is 0 Å². The van der Waals surface area contributed by atoms with Gasteiger partial charge >= 0.3 is 0 Å². The maximum absolute atomic E-state index is 12.9. The minimum absolute atomic E-state index is 0.0748. The van der Waals surface area contributed by atoms with Gasteiger partial charge in [-0.1, -0.05) is 42.5 Å². The van der Waals surface area contributed by atoms with E-state index in [1.54, 1.807) is 23.1 Å². The average molecular weight is 535 g/mol. The number of nitrogens with one attached hydrogen (secondary N) is 1. The van der Waals surface area contributed by atoms with Crippen LogP contribution in [0.1, 0.15) is 51.8 Å². The summed E-state index contributed by atoms with van der Waals surface area (Å²) in [6.07, 6.45) is 5.25. The van der Waals surface area contributed by atoms with E-state index < -0.39 is 0 Å². The number of carbonyl (C=O) groups excluding carboxylic acids is 2. The number of rotatable bonds is 8. The highest BCUT2D eigenvalue weighted by Crippen LogP contribution is 2.31.